The molecule has 9 heteroatoms. The minimum atomic E-state index is -3.72. The highest BCUT2D eigenvalue weighted by atomic mass is 32.2. The van der Waals surface area contributed by atoms with E-state index < -0.39 is 16.1 Å². The molecule has 0 fully saturated rings. The van der Waals surface area contributed by atoms with Crippen LogP contribution in [0.2, 0.25) is 0 Å². The van der Waals surface area contributed by atoms with Crippen LogP contribution in [0.15, 0.2) is 15.7 Å². The summed E-state index contributed by atoms with van der Waals surface area (Å²) in [6.07, 6.45) is 2.08. The molecule has 0 aliphatic carbocycles. The van der Waals surface area contributed by atoms with Crippen molar-refractivity contribution < 1.29 is 12.9 Å². The molecule has 110 valence electrons. The fraction of sp³-hybridized carbons (Fsp3) is 0.545. The van der Waals surface area contributed by atoms with E-state index in [0.717, 1.165) is 0 Å². The van der Waals surface area contributed by atoms with Crippen LogP contribution in [0.25, 0.3) is 0 Å². The molecule has 0 aromatic carbocycles. The summed E-state index contributed by atoms with van der Waals surface area (Å²) in [5.41, 5.74) is 0. The second kappa shape index (κ2) is 5.33. The maximum absolute atomic E-state index is 12.2. The number of imidazole rings is 1. The number of aryl methyl sites for hydroxylation is 3. The van der Waals surface area contributed by atoms with Crippen LogP contribution in [0.3, 0.4) is 0 Å². The summed E-state index contributed by atoms with van der Waals surface area (Å²) < 4.78 is 33.5. The third-order valence-electron chi connectivity index (χ3n) is 2.86. The van der Waals surface area contributed by atoms with Gasteiger partial charge >= 0.3 is 0 Å². The Morgan fingerprint density at radius 1 is 1.45 bits per heavy atom. The van der Waals surface area contributed by atoms with E-state index in [2.05, 4.69) is 19.8 Å². The summed E-state index contributed by atoms with van der Waals surface area (Å²) in [4.78, 5) is 8.09. The molecule has 2 aromatic rings. The van der Waals surface area contributed by atoms with Gasteiger partial charge in [0.1, 0.15) is 5.82 Å². The maximum Gasteiger partial charge on any atom is 0.260 e. The Labute approximate surface area is 117 Å². The SMILES string of the molecule is CCc1noc([C@H](C)NS(=O)(=O)c2cn(C)c(C)n2)n1. The number of sulfonamides is 1. The molecule has 20 heavy (non-hydrogen) atoms. The Bertz CT molecular complexity index is 684. The molecular weight excluding hydrogens is 282 g/mol. The minimum Gasteiger partial charge on any atom is -0.338 e. The second-order valence-corrected chi connectivity index (χ2v) is 6.14. The van der Waals surface area contributed by atoms with E-state index in [1.54, 1.807) is 25.5 Å². The van der Waals surface area contributed by atoms with Gasteiger partial charge in [-0.1, -0.05) is 12.1 Å². The molecule has 0 bridgehead atoms. The number of nitrogens with one attached hydrogen (secondary N) is 1. The van der Waals surface area contributed by atoms with Crippen molar-refractivity contribution in [1.29, 1.82) is 0 Å². The van der Waals surface area contributed by atoms with Crippen molar-refractivity contribution in [3.63, 3.8) is 0 Å². The number of hydrogen-bond donors (Lipinski definition) is 1. The zero-order valence-corrected chi connectivity index (χ0v) is 12.6. The molecule has 1 atom stereocenters. The molecule has 0 saturated carbocycles. The summed E-state index contributed by atoms with van der Waals surface area (Å²) >= 11 is 0. The molecule has 1 N–H and O–H groups in total. The standard InChI is InChI=1S/C11H17N5O3S/c1-5-9-13-11(19-14-9)7(2)15-20(17,18)10-6-16(4)8(3)12-10/h6-7,15H,5H2,1-4H3/t7-/m0/s1. The van der Waals surface area contributed by atoms with Gasteiger partial charge in [0.2, 0.25) is 5.89 Å². The topological polar surface area (TPSA) is 103 Å². The normalized spacial score (nSPS) is 13.6. The molecule has 0 radical (unpaired) electrons. The molecule has 0 aliphatic heterocycles. The fourth-order valence-corrected chi connectivity index (χ4v) is 2.82. The third-order valence-corrected chi connectivity index (χ3v) is 4.28. The summed E-state index contributed by atoms with van der Waals surface area (Å²) in [6.45, 7) is 5.26. The Hall–Kier alpha value is -1.74. The molecule has 0 amide bonds. The van der Waals surface area contributed by atoms with Crippen LogP contribution >= 0.6 is 0 Å². The van der Waals surface area contributed by atoms with Crippen LogP contribution in [0.1, 0.15) is 37.4 Å². The molecule has 0 spiro atoms. The summed E-state index contributed by atoms with van der Waals surface area (Å²) in [7, 11) is -1.98. The van der Waals surface area contributed by atoms with Gasteiger partial charge in [0.15, 0.2) is 10.9 Å². The maximum atomic E-state index is 12.2. The third kappa shape index (κ3) is 2.88. The van der Waals surface area contributed by atoms with E-state index in [4.69, 9.17) is 4.52 Å². The molecule has 2 aromatic heterocycles. The Morgan fingerprint density at radius 2 is 2.15 bits per heavy atom. The van der Waals surface area contributed by atoms with Gasteiger partial charge in [0, 0.05) is 19.7 Å². The van der Waals surface area contributed by atoms with Gasteiger partial charge in [-0.2, -0.15) is 9.71 Å². The van der Waals surface area contributed by atoms with Crippen molar-refractivity contribution in [2.24, 2.45) is 7.05 Å². The molecule has 8 nitrogen and oxygen atoms in total. The smallest absolute Gasteiger partial charge is 0.260 e. The molecule has 0 aliphatic rings. The summed E-state index contributed by atoms with van der Waals surface area (Å²) in [5, 5.41) is 3.71. The van der Waals surface area contributed by atoms with E-state index in [1.165, 1.54) is 6.20 Å². The lowest BCUT2D eigenvalue weighted by Gasteiger charge is -2.08. The van der Waals surface area contributed by atoms with Crippen LogP contribution in [-0.2, 0) is 23.5 Å². The minimum absolute atomic E-state index is 0.0282. The predicted octanol–water partition coefficient (Wildman–Crippen LogP) is 0.713. The van der Waals surface area contributed by atoms with Crippen LogP contribution in [0.4, 0.5) is 0 Å². The molecule has 2 rings (SSSR count). The van der Waals surface area contributed by atoms with E-state index in [-0.39, 0.29) is 10.9 Å². The molecule has 2 heterocycles. The van der Waals surface area contributed by atoms with Crippen molar-refractivity contribution in [2.75, 3.05) is 0 Å². The van der Waals surface area contributed by atoms with E-state index >= 15 is 0 Å². The monoisotopic (exact) mass is 299 g/mol. The second-order valence-electron chi connectivity index (χ2n) is 4.48. The lowest BCUT2D eigenvalue weighted by molar-refractivity contribution is 0.349. The van der Waals surface area contributed by atoms with Crippen LogP contribution in [0, 0.1) is 6.92 Å². The Balaban J connectivity index is 2.19. The van der Waals surface area contributed by atoms with Crippen LogP contribution in [0.5, 0.6) is 0 Å². The zero-order valence-electron chi connectivity index (χ0n) is 11.8. The average Bonchev–Trinajstić information content (AvgIpc) is 2.97. The first-order chi connectivity index (χ1) is 9.33. The highest BCUT2D eigenvalue weighted by molar-refractivity contribution is 7.89. The van der Waals surface area contributed by atoms with Crippen LogP contribution in [-0.4, -0.2) is 28.1 Å². The molecular formula is C11H17N5O3S. The first kappa shape index (κ1) is 14.7. The van der Waals surface area contributed by atoms with E-state index in [1.807, 2.05) is 6.92 Å². The first-order valence-corrected chi connectivity index (χ1v) is 7.66. The lowest BCUT2D eigenvalue weighted by Crippen LogP contribution is -2.27. The van der Waals surface area contributed by atoms with E-state index in [0.29, 0.717) is 18.1 Å². The van der Waals surface area contributed by atoms with Crippen molar-refractivity contribution >= 4 is 10.0 Å². The van der Waals surface area contributed by atoms with Gasteiger partial charge in [-0.15, -0.1) is 0 Å². The Kier molecular flexibility index (Phi) is 3.91. The van der Waals surface area contributed by atoms with Crippen molar-refractivity contribution in [3.05, 3.63) is 23.7 Å². The van der Waals surface area contributed by atoms with Gasteiger partial charge in [-0.25, -0.2) is 13.4 Å². The van der Waals surface area contributed by atoms with Crippen molar-refractivity contribution in [1.82, 2.24) is 24.4 Å². The van der Waals surface area contributed by atoms with Crippen LogP contribution < -0.4 is 4.72 Å². The zero-order chi connectivity index (χ0) is 14.9. The summed E-state index contributed by atoms with van der Waals surface area (Å²) in [6, 6.07) is -0.616. The number of rotatable bonds is 5. The molecule has 0 saturated heterocycles. The van der Waals surface area contributed by atoms with Crippen molar-refractivity contribution in [2.45, 2.75) is 38.3 Å². The highest BCUT2D eigenvalue weighted by Crippen LogP contribution is 2.15. The predicted molar refractivity (Wildman–Crippen MR) is 70.4 cm³/mol. The number of nitrogens with zero attached hydrogens (tertiary/aromatic N) is 4. The first-order valence-electron chi connectivity index (χ1n) is 6.18. The lowest BCUT2D eigenvalue weighted by atomic mass is 10.4. The van der Waals surface area contributed by atoms with Gasteiger partial charge in [-0.05, 0) is 13.8 Å². The number of aromatic nitrogens is 4. The quantitative estimate of drug-likeness (QED) is 0.872. The largest absolute Gasteiger partial charge is 0.338 e. The van der Waals surface area contributed by atoms with Gasteiger partial charge in [0.25, 0.3) is 10.0 Å². The summed E-state index contributed by atoms with van der Waals surface area (Å²) in [5.74, 6) is 1.39. The Morgan fingerprint density at radius 3 is 2.65 bits per heavy atom. The fourth-order valence-electron chi connectivity index (χ4n) is 1.59. The van der Waals surface area contributed by atoms with Gasteiger partial charge < -0.3 is 9.09 Å². The van der Waals surface area contributed by atoms with E-state index in [9.17, 15) is 8.42 Å². The highest BCUT2D eigenvalue weighted by Gasteiger charge is 2.24. The van der Waals surface area contributed by atoms with Gasteiger partial charge in [-0.3, -0.25) is 0 Å². The van der Waals surface area contributed by atoms with Crippen molar-refractivity contribution in [3.8, 4) is 0 Å². The van der Waals surface area contributed by atoms with Gasteiger partial charge in [0.05, 0.1) is 6.04 Å². The average molecular weight is 299 g/mol. The number of hydrogen-bond acceptors (Lipinski definition) is 6. The molecule has 0 unspecified atom stereocenters.